The number of nitrogens with one attached hydrogen (secondary N) is 2. The summed E-state index contributed by atoms with van der Waals surface area (Å²) in [6.07, 6.45) is 0. The van der Waals surface area contributed by atoms with Gasteiger partial charge in [0.1, 0.15) is 16.8 Å². The molecule has 2 N–H and O–H groups in total. The zero-order valence-electron chi connectivity index (χ0n) is 15.4. The van der Waals surface area contributed by atoms with Crippen molar-refractivity contribution in [3.05, 3.63) is 58.1 Å². The zero-order chi connectivity index (χ0) is 21.0. The van der Waals surface area contributed by atoms with Gasteiger partial charge in [-0.2, -0.15) is 0 Å². The second kappa shape index (κ2) is 9.21. The molecule has 1 aromatic heterocycles. The fourth-order valence-corrected chi connectivity index (χ4v) is 3.38. The number of anilines is 1. The lowest BCUT2D eigenvalue weighted by Crippen LogP contribution is -2.41. The van der Waals surface area contributed by atoms with Crippen LogP contribution in [0.2, 0.25) is 10.0 Å². The van der Waals surface area contributed by atoms with E-state index < -0.39 is 17.9 Å². The van der Waals surface area contributed by atoms with Gasteiger partial charge in [-0.05, 0) is 37.3 Å². The number of halogens is 2. The summed E-state index contributed by atoms with van der Waals surface area (Å²) in [5.41, 5.74) is 1.12. The van der Waals surface area contributed by atoms with Crippen LogP contribution in [0.5, 0.6) is 5.75 Å². The van der Waals surface area contributed by atoms with Crippen LogP contribution in [0.3, 0.4) is 0 Å². The maximum absolute atomic E-state index is 12.4. The third kappa shape index (κ3) is 5.23. The first-order valence-electron chi connectivity index (χ1n) is 8.42. The van der Waals surface area contributed by atoms with Crippen molar-refractivity contribution in [3.63, 3.8) is 0 Å². The molecule has 3 rings (SSSR count). The standard InChI is InChI=1S/C19H16Cl2N4O3S/c1-10(22-17(27)11-6-7-14(20)15(21)9-11)16(26)23-19-25-24-18(29-19)12-4-3-5-13(8-12)28-2/h3-10H,1-2H3,(H,22,27)(H,23,25,26). The lowest BCUT2D eigenvalue weighted by atomic mass is 10.2. The zero-order valence-corrected chi connectivity index (χ0v) is 17.7. The molecule has 0 radical (unpaired) electrons. The highest BCUT2D eigenvalue weighted by Gasteiger charge is 2.19. The molecule has 0 spiro atoms. The molecule has 1 heterocycles. The molecule has 0 fully saturated rings. The van der Waals surface area contributed by atoms with Gasteiger partial charge in [0.15, 0.2) is 0 Å². The van der Waals surface area contributed by atoms with E-state index in [-0.39, 0.29) is 5.02 Å². The SMILES string of the molecule is COc1cccc(-c2nnc(NC(=O)C(C)NC(=O)c3ccc(Cl)c(Cl)c3)s2)c1. The van der Waals surface area contributed by atoms with Gasteiger partial charge in [-0.3, -0.25) is 14.9 Å². The summed E-state index contributed by atoms with van der Waals surface area (Å²) in [7, 11) is 1.58. The number of benzene rings is 2. The van der Waals surface area contributed by atoms with Crippen LogP contribution in [-0.4, -0.2) is 35.2 Å². The van der Waals surface area contributed by atoms with Gasteiger partial charge >= 0.3 is 0 Å². The fraction of sp³-hybridized carbons (Fsp3) is 0.158. The largest absolute Gasteiger partial charge is 0.497 e. The third-order valence-electron chi connectivity index (χ3n) is 3.89. The van der Waals surface area contributed by atoms with Crippen molar-refractivity contribution < 1.29 is 14.3 Å². The number of carbonyl (C=O) groups excluding carboxylic acids is 2. The number of ether oxygens (including phenoxy) is 1. The van der Waals surface area contributed by atoms with E-state index in [2.05, 4.69) is 20.8 Å². The van der Waals surface area contributed by atoms with Gasteiger partial charge in [-0.25, -0.2) is 0 Å². The van der Waals surface area contributed by atoms with Gasteiger partial charge in [-0.1, -0.05) is 46.7 Å². The molecule has 2 amide bonds. The Hall–Kier alpha value is -2.68. The number of nitrogens with zero attached hydrogens (tertiary/aromatic N) is 2. The Bertz CT molecular complexity index is 1060. The van der Waals surface area contributed by atoms with Crippen molar-refractivity contribution in [1.82, 2.24) is 15.5 Å². The van der Waals surface area contributed by atoms with Crippen LogP contribution in [0.1, 0.15) is 17.3 Å². The van der Waals surface area contributed by atoms with Crippen LogP contribution in [0.4, 0.5) is 5.13 Å². The van der Waals surface area contributed by atoms with E-state index in [9.17, 15) is 9.59 Å². The molecule has 0 aliphatic heterocycles. The molecular formula is C19H16Cl2N4O3S. The Morgan fingerprint density at radius 1 is 1.10 bits per heavy atom. The lowest BCUT2D eigenvalue weighted by molar-refractivity contribution is -0.117. The molecule has 150 valence electrons. The molecule has 10 heteroatoms. The van der Waals surface area contributed by atoms with Gasteiger partial charge in [0.05, 0.1) is 17.2 Å². The Morgan fingerprint density at radius 3 is 2.62 bits per heavy atom. The summed E-state index contributed by atoms with van der Waals surface area (Å²) >= 11 is 13.0. The first kappa shape index (κ1) is 21.0. The maximum atomic E-state index is 12.4. The molecule has 0 saturated heterocycles. The van der Waals surface area contributed by atoms with Crippen molar-refractivity contribution in [3.8, 4) is 16.3 Å². The van der Waals surface area contributed by atoms with Gasteiger partial charge in [0.25, 0.3) is 5.91 Å². The molecular weight excluding hydrogens is 435 g/mol. The molecule has 1 unspecified atom stereocenters. The van der Waals surface area contributed by atoms with E-state index in [1.165, 1.54) is 29.5 Å². The van der Waals surface area contributed by atoms with Gasteiger partial charge in [-0.15, -0.1) is 10.2 Å². The molecule has 7 nitrogen and oxygen atoms in total. The Balaban J connectivity index is 1.63. The highest BCUT2D eigenvalue weighted by Crippen LogP contribution is 2.28. The molecule has 2 aromatic carbocycles. The van der Waals surface area contributed by atoms with E-state index in [0.29, 0.717) is 26.5 Å². The summed E-state index contributed by atoms with van der Waals surface area (Å²) in [6.45, 7) is 1.56. The number of hydrogen-bond donors (Lipinski definition) is 2. The number of carbonyl (C=O) groups is 2. The van der Waals surface area contributed by atoms with Crippen molar-refractivity contribution in [2.24, 2.45) is 0 Å². The van der Waals surface area contributed by atoms with Gasteiger partial charge in [0, 0.05) is 11.1 Å². The minimum atomic E-state index is -0.805. The second-order valence-corrected chi connectivity index (χ2v) is 7.75. The Kier molecular flexibility index (Phi) is 6.68. The predicted octanol–water partition coefficient (Wildman–Crippen LogP) is 4.28. The smallest absolute Gasteiger partial charge is 0.251 e. The van der Waals surface area contributed by atoms with E-state index in [1.54, 1.807) is 14.0 Å². The Labute approximate surface area is 181 Å². The quantitative estimate of drug-likeness (QED) is 0.584. The molecule has 29 heavy (non-hydrogen) atoms. The normalized spacial score (nSPS) is 11.6. The summed E-state index contributed by atoms with van der Waals surface area (Å²) in [6, 6.07) is 11.0. The van der Waals surface area contributed by atoms with Crippen molar-refractivity contribution in [1.29, 1.82) is 0 Å². The monoisotopic (exact) mass is 450 g/mol. The number of aromatic nitrogens is 2. The van der Waals surface area contributed by atoms with Crippen LogP contribution in [0.15, 0.2) is 42.5 Å². The molecule has 0 bridgehead atoms. The van der Waals surface area contributed by atoms with E-state index >= 15 is 0 Å². The molecule has 1 atom stereocenters. The summed E-state index contributed by atoms with van der Waals surface area (Å²) in [4.78, 5) is 24.7. The lowest BCUT2D eigenvalue weighted by Gasteiger charge is -2.13. The van der Waals surface area contributed by atoms with E-state index in [0.717, 1.165) is 5.56 Å². The van der Waals surface area contributed by atoms with Crippen molar-refractivity contribution >= 4 is 51.5 Å². The Morgan fingerprint density at radius 2 is 1.90 bits per heavy atom. The van der Waals surface area contributed by atoms with Crippen molar-refractivity contribution in [2.45, 2.75) is 13.0 Å². The minimum absolute atomic E-state index is 0.260. The summed E-state index contributed by atoms with van der Waals surface area (Å²) < 4.78 is 5.20. The average Bonchev–Trinajstić information content (AvgIpc) is 3.18. The molecule has 3 aromatic rings. The number of methoxy groups -OCH3 is 1. The third-order valence-corrected chi connectivity index (χ3v) is 5.52. The predicted molar refractivity (Wildman–Crippen MR) is 114 cm³/mol. The summed E-state index contributed by atoms with van der Waals surface area (Å²) in [5.74, 6) is -0.172. The maximum Gasteiger partial charge on any atom is 0.251 e. The second-order valence-electron chi connectivity index (χ2n) is 5.96. The first-order chi connectivity index (χ1) is 13.9. The van der Waals surface area contributed by atoms with Crippen LogP contribution < -0.4 is 15.4 Å². The van der Waals surface area contributed by atoms with Crippen molar-refractivity contribution in [2.75, 3.05) is 12.4 Å². The van der Waals surface area contributed by atoms with Crippen LogP contribution in [-0.2, 0) is 4.79 Å². The number of rotatable bonds is 6. The highest BCUT2D eigenvalue weighted by atomic mass is 35.5. The first-order valence-corrected chi connectivity index (χ1v) is 9.99. The average molecular weight is 451 g/mol. The minimum Gasteiger partial charge on any atom is -0.497 e. The van der Waals surface area contributed by atoms with Crippen LogP contribution in [0, 0.1) is 0 Å². The van der Waals surface area contributed by atoms with Gasteiger partial charge in [0.2, 0.25) is 11.0 Å². The van der Waals surface area contributed by atoms with Crippen LogP contribution in [0.25, 0.3) is 10.6 Å². The van der Waals surface area contributed by atoms with Crippen LogP contribution >= 0.6 is 34.5 Å². The molecule has 0 aliphatic rings. The number of amides is 2. The fourth-order valence-electron chi connectivity index (χ4n) is 2.34. The van der Waals surface area contributed by atoms with E-state index in [1.807, 2.05) is 24.3 Å². The molecule has 0 saturated carbocycles. The highest BCUT2D eigenvalue weighted by molar-refractivity contribution is 7.18. The number of hydrogen-bond acceptors (Lipinski definition) is 6. The van der Waals surface area contributed by atoms with E-state index in [4.69, 9.17) is 27.9 Å². The van der Waals surface area contributed by atoms with Gasteiger partial charge < -0.3 is 10.1 Å². The molecule has 0 aliphatic carbocycles. The topological polar surface area (TPSA) is 93.2 Å². The summed E-state index contributed by atoms with van der Waals surface area (Å²) in [5, 5.41) is 14.9.